The van der Waals surface area contributed by atoms with Crippen molar-refractivity contribution in [1.29, 1.82) is 0 Å². The molecule has 1 N–H and O–H groups in total. The highest BCUT2D eigenvalue weighted by Gasteiger charge is 2.19. The molecule has 0 spiro atoms. The lowest BCUT2D eigenvalue weighted by atomic mass is 9.91. The largest absolute Gasteiger partial charge is 0.508 e. The SMILES string of the molecule is CC(C)c1cc(O)cc2ccc3c(c12)CCO3. The van der Waals surface area contributed by atoms with Gasteiger partial charge in [-0.1, -0.05) is 19.9 Å². The van der Waals surface area contributed by atoms with Crippen molar-refractivity contribution in [2.24, 2.45) is 0 Å². The van der Waals surface area contributed by atoms with Gasteiger partial charge in [0.1, 0.15) is 11.5 Å². The fourth-order valence-corrected chi connectivity index (χ4v) is 2.64. The first-order chi connectivity index (χ1) is 8.16. The third-order valence-corrected chi connectivity index (χ3v) is 3.43. The normalized spacial score (nSPS) is 14.1. The Bertz CT molecular complexity index is 585. The van der Waals surface area contributed by atoms with E-state index >= 15 is 0 Å². The summed E-state index contributed by atoms with van der Waals surface area (Å²) in [5.74, 6) is 1.75. The number of fused-ring (bicyclic) bond motifs is 3. The minimum absolute atomic E-state index is 0.347. The molecular weight excluding hydrogens is 212 g/mol. The number of rotatable bonds is 1. The van der Waals surface area contributed by atoms with E-state index in [0.29, 0.717) is 11.7 Å². The highest BCUT2D eigenvalue weighted by atomic mass is 16.5. The van der Waals surface area contributed by atoms with E-state index in [1.807, 2.05) is 24.3 Å². The molecule has 0 radical (unpaired) electrons. The third kappa shape index (κ3) is 1.55. The summed E-state index contributed by atoms with van der Waals surface area (Å²) in [4.78, 5) is 0. The highest BCUT2D eigenvalue weighted by Crippen LogP contribution is 2.38. The van der Waals surface area contributed by atoms with Gasteiger partial charge in [-0.25, -0.2) is 0 Å². The zero-order valence-electron chi connectivity index (χ0n) is 10.2. The summed E-state index contributed by atoms with van der Waals surface area (Å²) >= 11 is 0. The summed E-state index contributed by atoms with van der Waals surface area (Å²) in [7, 11) is 0. The smallest absolute Gasteiger partial charge is 0.123 e. The van der Waals surface area contributed by atoms with Crippen molar-refractivity contribution in [2.45, 2.75) is 26.2 Å². The molecule has 0 fully saturated rings. The summed E-state index contributed by atoms with van der Waals surface area (Å²) in [6.45, 7) is 5.08. The Labute approximate surface area is 101 Å². The van der Waals surface area contributed by atoms with Gasteiger partial charge in [0.25, 0.3) is 0 Å². The minimum atomic E-state index is 0.347. The zero-order chi connectivity index (χ0) is 12.0. The van der Waals surface area contributed by atoms with Crippen LogP contribution in [0, 0.1) is 0 Å². The molecule has 88 valence electrons. The van der Waals surface area contributed by atoms with Gasteiger partial charge in [-0.2, -0.15) is 0 Å². The Hall–Kier alpha value is -1.70. The van der Waals surface area contributed by atoms with Crippen LogP contribution >= 0.6 is 0 Å². The van der Waals surface area contributed by atoms with Crippen molar-refractivity contribution < 1.29 is 9.84 Å². The molecule has 2 aromatic rings. The van der Waals surface area contributed by atoms with Crippen LogP contribution in [0.5, 0.6) is 11.5 Å². The van der Waals surface area contributed by atoms with E-state index < -0.39 is 0 Å². The van der Waals surface area contributed by atoms with Gasteiger partial charge in [-0.3, -0.25) is 0 Å². The second kappa shape index (κ2) is 3.66. The maximum atomic E-state index is 9.78. The fourth-order valence-electron chi connectivity index (χ4n) is 2.64. The monoisotopic (exact) mass is 228 g/mol. The summed E-state index contributed by atoms with van der Waals surface area (Å²) < 4.78 is 5.61. The van der Waals surface area contributed by atoms with Gasteiger partial charge in [0.2, 0.25) is 0 Å². The number of benzene rings is 2. The first-order valence-corrected chi connectivity index (χ1v) is 6.08. The Kier molecular flexibility index (Phi) is 2.25. The summed E-state index contributed by atoms with van der Waals surface area (Å²) in [5.41, 5.74) is 2.51. The van der Waals surface area contributed by atoms with Crippen molar-refractivity contribution in [2.75, 3.05) is 6.61 Å². The number of hydrogen-bond donors (Lipinski definition) is 1. The molecule has 2 heteroatoms. The van der Waals surface area contributed by atoms with Gasteiger partial charge in [-0.05, 0) is 40.5 Å². The van der Waals surface area contributed by atoms with Crippen molar-refractivity contribution in [1.82, 2.24) is 0 Å². The molecule has 17 heavy (non-hydrogen) atoms. The van der Waals surface area contributed by atoms with Crippen LogP contribution in [0.25, 0.3) is 10.8 Å². The average molecular weight is 228 g/mol. The molecule has 2 nitrogen and oxygen atoms in total. The summed E-state index contributed by atoms with van der Waals surface area (Å²) in [5, 5.41) is 12.2. The van der Waals surface area contributed by atoms with Crippen LogP contribution in [-0.4, -0.2) is 11.7 Å². The lowest BCUT2D eigenvalue weighted by Crippen LogP contribution is -1.93. The lowest BCUT2D eigenvalue weighted by Gasteiger charge is -2.13. The molecule has 2 aromatic carbocycles. The molecule has 0 saturated carbocycles. The second-order valence-electron chi connectivity index (χ2n) is 4.93. The summed E-state index contributed by atoms with van der Waals surface area (Å²) in [6.07, 6.45) is 0.969. The molecule has 3 rings (SSSR count). The van der Waals surface area contributed by atoms with Crippen LogP contribution in [0.15, 0.2) is 24.3 Å². The van der Waals surface area contributed by atoms with Crippen molar-refractivity contribution in [3.05, 3.63) is 35.4 Å². The van der Waals surface area contributed by atoms with Crippen LogP contribution in [0.3, 0.4) is 0 Å². The van der Waals surface area contributed by atoms with Crippen molar-refractivity contribution >= 4 is 10.8 Å². The van der Waals surface area contributed by atoms with Crippen molar-refractivity contribution in [3.63, 3.8) is 0 Å². The molecule has 0 bridgehead atoms. The van der Waals surface area contributed by atoms with E-state index in [1.165, 1.54) is 16.5 Å². The molecule has 1 aliphatic heterocycles. The molecule has 0 amide bonds. The van der Waals surface area contributed by atoms with Gasteiger partial charge in [0, 0.05) is 12.0 Å². The summed E-state index contributed by atoms with van der Waals surface area (Å²) in [6, 6.07) is 7.75. The Morgan fingerprint density at radius 3 is 2.82 bits per heavy atom. The molecule has 0 atom stereocenters. The van der Waals surface area contributed by atoms with Crippen LogP contribution in [-0.2, 0) is 6.42 Å². The molecule has 0 aromatic heterocycles. The van der Waals surface area contributed by atoms with Crippen LogP contribution in [0.4, 0.5) is 0 Å². The molecule has 0 saturated heterocycles. The quantitative estimate of drug-likeness (QED) is 0.808. The van der Waals surface area contributed by atoms with Gasteiger partial charge in [0.15, 0.2) is 0 Å². The van der Waals surface area contributed by atoms with Gasteiger partial charge in [0.05, 0.1) is 6.61 Å². The van der Waals surface area contributed by atoms with Crippen LogP contribution in [0.2, 0.25) is 0 Å². The van der Waals surface area contributed by atoms with Crippen LogP contribution in [0.1, 0.15) is 30.9 Å². The Balaban J connectivity index is 2.41. The van der Waals surface area contributed by atoms with E-state index in [4.69, 9.17) is 4.74 Å². The molecule has 1 heterocycles. The Morgan fingerprint density at radius 1 is 1.24 bits per heavy atom. The van der Waals surface area contributed by atoms with Gasteiger partial charge in [-0.15, -0.1) is 0 Å². The molecule has 1 aliphatic rings. The number of phenols is 1. The van der Waals surface area contributed by atoms with E-state index in [2.05, 4.69) is 13.8 Å². The minimum Gasteiger partial charge on any atom is -0.508 e. The highest BCUT2D eigenvalue weighted by molar-refractivity contribution is 5.92. The predicted molar refractivity (Wildman–Crippen MR) is 68.9 cm³/mol. The zero-order valence-corrected chi connectivity index (χ0v) is 10.2. The van der Waals surface area contributed by atoms with E-state index in [-0.39, 0.29) is 0 Å². The Morgan fingerprint density at radius 2 is 2.06 bits per heavy atom. The van der Waals surface area contributed by atoms with Gasteiger partial charge < -0.3 is 9.84 Å². The average Bonchev–Trinajstić information content (AvgIpc) is 2.75. The molecule has 0 unspecified atom stereocenters. The fraction of sp³-hybridized carbons (Fsp3) is 0.333. The second-order valence-corrected chi connectivity index (χ2v) is 4.93. The first kappa shape index (κ1) is 10.5. The maximum absolute atomic E-state index is 9.78. The topological polar surface area (TPSA) is 29.5 Å². The number of aromatic hydroxyl groups is 1. The van der Waals surface area contributed by atoms with E-state index in [9.17, 15) is 5.11 Å². The van der Waals surface area contributed by atoms with Crippen molar-refractivity contribution in [3.8, 4) is 11.5 Å². The predicted octanol–water partition coefficient (Wildman–Crippen LogP) is 3.60. The number of ether oxygens (including phenoxy) is 1. The molecular formula is C15H16O2. The van der Waals surface area contributed by atoms with Crippen LogP contribution < -0.4 is 4.74 Å². The maximum Gasteiger partial charge on any atom is 0.123 e. The standard InChI is InChI=1S/C15H16O2/c1-9(2)13-8-11(16)7-10-3-4-14-12(15(10)13)5-6-17-14/h3-4,7-9,16H,5-6H2,1-2H3. The van der Waals surface area contributed by atoms with Gasteiger partial charge >= 0.3 is 0 Å². The molecule has 0 aliphatic carbocycles. The third-order valence-electron chi connectivity index (χ3n) is 3.43. The number of phenolic OH excluding ortho intramolecular Hbond substituents is 1. The van der Waals surface area contributed by atoms with E-state index in [1.54, 1.807) is 0 Å². The lowest BCUT2D eigenvalue weighted by molar-refractivity contribution is 0.357. The first-order valence-electron chi connectivity index (χ1n) is 6.08. The van der Waals surface area contributed by atoms with E-state index in [0.717, 1.165) is 24.2 Å². The number of hydrogen-bond acceptors (Lipinski definition) is 2.